The molecule has 2 N–H and O–H groups in total. The number of amides is 1. The van der Waals surface area contributed by atoms with Gasteiger partial charge in [-0.1, -0.05) is 18.2 Å². The molecule has 32 heavy (non-hydrogen) atoms. The number of benzene rings is 2. The van der Waals surface area contributed by atoms with Crippen LogP contribution < -0.4 is 10.5 Å². The average molecular weight is 461 g/mol. The van der Waals surface area contributed by atoms with Crippen LogP contribution in [0.25, 0.3) is 0 Å². The largest absolute Gasteiger partial charge is 0.484 e. The van der Waals surface area contributed by atoms with E-state index in [0.29, 0.717) is 18.6 Å². The number of primary amides is 1. The average Bonchev–Trinajstić information content (AvgIpc) is 2.78. The van der Waals surface area contributed by atoms with Crippen molar-refractivity contribution < 1.29 is 27.5 Å². The van der Waals surface area contributed by atoms with Gasteiger partial charge in [-0.3, -0.25) is 9.59 Å². The fourth-order valence-corrected chi connectivity index (χ4v) is 5.06. The van der Waals surface area contributed by atoms with E-state index in [-0.39, 0.29) is 43.1 Å². The van der Waals surface area contributed by atoms with Gasteiger partial charge in [0.25, 0.3) is 5.91 Å². The monoisotopic (exact) mass is 460 g/mol. The third kappa shape index (κ3) is 5.86. The molecule has 0 atom stereocenters. The van der Waals surface area contributed by atoms with Crippen molar-refractivity contribution in [3.63, 3.8) is 0 Å². The second kappa shape index (κ2) is 10.1. The number of esters is 1. The summed E-state index contributed by atoms with van der Waals surface area (Å²) >= 11 is 0. The van der Waals surface area contributed by atoms with Crippen molar-refractivity contribution in [1.29, 1.82) is 0 Å². The Balaban J connectivity index is 1.53. The predicted molar refractivity (Wildman–Crippen MR) is 118 cm³/mol. The molecule has 2 aromatic rings. The lowest BCUT2D eigenvalue weighted by molar-refractivity contribution is -0.151. The van der Waals surface area contributed by atoms with Gasteiger partial charge in [0, 0.05) is 13.1 Å². The highest BCUT2D eigenvalue weighted by Gasteiger charge is 2.33. The Hall–Kier alpha value is -2.91. The Labute approximate surface area is 188 Å². The minimum atomic E-state index is -3.59. The highest BCUT2D eigenvalue weighted by Crippen LogP contribution is 2.26. The first kappa shape index (κ1) is 23.7. The number of nitrogens with two attached hydrogens (primary N) is 1. The summed E-state index contributed by atoms with van der Waals surface area (Å²) in [4.78, 5) is 23.6. The predicted octanol–water partition coefficient (Wildman–Crippen LogP) is 2.31. The zero-order valence-electron chi connectivity index (χ0n) is 18.2. The number of piperidine rings is 1. The lowest BCUT2D eigenvalue weighted by atomic mass is 9.98. The normalized spacial score (nSPS) is 15.3. The number of rotatable bonds is 8. The molecule has 1 aliphatic rings. The standard InChI is InChI=1S/C23H28N2O6S/c1-16-6-7-21(12-17(16)2)32(28,29)25-10-8-19(9-11-25)23(27)31-14-18-4-3-5-20(13-18)30-15-22(24)26/h3-7,12-13,19H,8-11,14-15H2,1-2H3,(H2,24,26). The van der Waals surface area contributed by atoms with Crippen molar-refractivity contribution in [2.75, 3.05) is 19.7 Å². The van der Waals surface area contributed by atoms with E-state index in [1.807, 2.05) is 13.8 Å². The van der Waals surface area contributed by atoms with Gasteiger partial charge in [-0.15, -0.1) is 0 Å². The van der Waals surface area contributed by atoms with Crippen LogP contribution in [0.2, 0.25) is 0 Å². The third-order valence-corrected chi connectivity index (χ3v) is 7.46. The Kier molecular flexibility index (Phi) is 7.52. The van der Waals surface area contributed by atoms with Crippen molar-refractivity contribution in [2.45, 2.75) is 38.2 Å². The maximum absolute atomic E-state index is 12.9. The molecule has 9 heteroatoms. The number of carbonyl (C=O) groups excluding carboxylic acids is 2. The molecule has 0 radical (unpaired) electrons. The minimum absolute atomic E-state index is 0.0633. The van der Waals surface area contributed by atoms with E-state index in [1.54, 1.807) is 42.5 Å². The fourth-order valence-electron chi connectivity index (χ4n) is 3.51. The van der Waals surface area contributed by atoms with Crippen LogP contribution in [0.15, 0.2) is 47.4 Å². The molecule has 3 rings (SSSR count). The molecular weight excluding hydrogens is 432 g/mol. The molecule has 2 aromatic carbocycles. The first-order valence-electron chi connectivity index (χ1n) is 10.4. The summed E-state index contributed by atoms with van der Waals surface area (Å²) in [6, 6.07) is 12.0. The maximum Gasteiger partial charge on any atom is 0.309 e. The lowest BCUT2D eigenvalue weighted by Gasteiger charge is -2.30. The molecule has 172 valence electrons. The molecule has 1 saturated heterocycles. The van der Waals surface area contributed by atoms with Crippen molar-refractivity contribution in [2.24, 2.45) is 11.7 Å². The minimum Gasteiger partial charge on any atom is -0.484 e. The van der Waals surface area contributed by atoms with Crippen molar-refractivity contribution in [3.05, 3.63) is 59.2 Å². The molecule has 0 bridgehead atoms. The zero-order valence-corrected chi connectivity index (χ0v) is 19.1. The fraction of sp³-hybridized carbons (Fsp3) is 0.391. The van der Waals surface area contributed by atoms with E-state index in [1.165, 1.54) is 4.31 Å². The van der Waals surface area contributed by atoms with Crippen molar-refractivity contribution in [1.82, 2.24) is 4.31 Å². The summed E-state index contributed by atoms with van der Waals surface area (Å²) in [5.74, 6) is -0.818. The Morgan fingerprint density at radius 1 is 1.06 bits per heavy atom. The number of sulfonamides is 1. The highest BCUT2D eigenvalue weighted by molar-refractivity contribution is 7.89. The van der Waals surface area contributed by atoms with Crippen LogP contribution in [0.4, 0.5) is 0 Å². The number of nitrogens with zero attached hydrogens (tertiary/aromatic N) is 1. The summed E-state index contributed by atoms with van der Waals surface area (Å²) in [5, 5.41) is 0. The zero-order chi connectivity index (χ0) is 23.3. The van der Waals surface area contributed by atoms with Gasteiger partial charge in [-0.25, -0.2) is 8.42 Å². The molecule has 1 aliphatic heterocycles. The smallest absolute Gasteiger partial charge is 0.309 e. The number of ether oxygens (including phenoxy) is 2. The van der Waals surface area contributed by atoms with Gasteiger partial charge in [0.2, 0.25) is 10.0 Å². The van der Waals surface area contributed by atoms with Gasteiger partial charge in [0.15, 0.2) is 6.61 Å². The molecule has 0 unspecified atom stereocenters. The van der Waals surface area contributed by atoms with E-state index in [4.69, 9.17) is 15.2 Å². The second-order valence-corrected chi connectivity index (χ2v) is 9.87. The lowest BCUT2D eigenvalue weighted by Crippen LogP contribution is -2.40. The number of hydrogen-bond donors (Lipinski definition) is 1. The molecule has 8 nitrogen and oxygen atoms in total. The third-order valence-electron chi connectivity index (χ3n) is 5.56. The highest BCUT2D eigenvalue weighted by atomic mass is 32.2. The van der Waals surface area contributed by atoms with Crippen LogP contribution in [0.5, 0.6) is 5.75 Å². The van der Waals surface area contributed by atoms with E-state index in [0.717, 1.165) is 16.7 Å². The van der Waals surface area contributed by atoms with Gasteiger partial charge >= 0.3 is 5.97 Å². The quantitative estimate of drug-likeness (QED) is 0.605. The molecular formula is C23H28N2O6S. The van der Waals surface area contributed by atoms with Crippen LogP contribution in [0, 0.1) is 19.8 Å². The molecule has 1 heterocycles. The molecule has 1 fully saturated rings. The first-order chi connectivity index (χ1) is 15.2. The van der Waals surface area contributed by atoms with Crippen LogP contribution >= 0.6 is 0 Å². The summed E-state index contributed by atoms with van der Waals surface area (Å²) < 4.78 is 38.0. The maximum atomic E-state index is 12.9. The molecule has 0 saturated carbocycles. The van der Waals surface area contributed by atoms with Gasteiger partial charge in [0.05, 0.1) is 10.8 Å². The van der Waals surface area contributed by atoms with E-state index in [9.17, 15) is 18.0 Å². The van der Waals surface area contributed by atoms with Crippen LogP contribution in [-0.2, 0) is 31.0 Å². The Morgan fingerprint density at radius 3 is 2.44 bits per heavy atom. The summed E-state index contributed by atoms with van der Waals surface area (Å²) in [7, 11) is -3.59. The van der Waals surface area contributed by atoms with Crippen LogP contribution in [-0.4, -0.2) is 44.3 Å². The molecule has 0 spiro atoms. The topological polar surface area (TPSA) is 116 Å². The second-order valence-electron chi connectivity index (χ2n) is 7.93. The van der Waals surface area contributed by atoms with Crippen LogP contribution in [0.1, 0.15) is 29.5 Å². The van der Waals surface area contributed by atoms with Gasteiger partial charge < -0.3 is 15.2 Å². The molecule has 1 amide bonds. The van der Waals surface area contributed by atoms with E-state index < -0.39 is 15.9 Å². The van der Waals surface area contributed by atoms with Crippen molar-refractivity contribution >= 4 is 21.9 Å². The summed E-state index contributed by atoms with van der Waals surface area (Å²) in [6.07, 6.45) is 0.815. The van der Waals surface area contributed by atoms with Crippen LogP contribution in [0.3, 0.4) is 0 Å². The Morgan fingerprint density at radius 2 is 1.78 bits per heavy atom. The SMILES string of the molecule is Cc1ccc(S(=O)(=O)N2CCC(C(=O)OCc3cccc(OCC(N)=O)c3)CC2)cc1C. The van der Waals surface area contributed by atoms with Gasteiger partial charge in [-0.05, 0) is 67.6 Å². The van der Waals surface area contributed by atoms with E-state index in [2.05, 4.69) is 0 Å². The summed E-state index contributed by atoms with van der Waals surface area (Å²) in [6.45, 7) is 4.20. The molecule has 0 aliphatic carbocycles. The van der Waals surface area contributed by atoms with Gasteiger partial charge in [-0.2, -0.15) is 4.31 Å². The van der Waals surface area contributed by atoms with E-state index >= 15 is 0 Å². The van der Waals surface area contributed by atoms with Gasteiger partial charge in [0.1, 0.15) is 12.4 Å². The number of aryl methyl sites for hydroxylation is 2. The Bertz CT molecular complexity index is 1090. The number of carbonyl (C=O) groups is 2. The molecule has 0 aromatic heterocycles. The summed E-state index contributed by atoms with van der Waals surface area (Å²) in [5.41, 5.74) is 7.75. The first-order valence-corrected chi connectivity index (χ1v) is 11.8. The van der Waals surface area contributed by atoms with Crippen molar-refractivity contribution in [3.8, 4) is 5.75 Å². The number of hydrogen-bond acceptors (Lipinski definition) is 6.